The molecular weight excluding hydrogens is 350 g/mol. The van der Waals surface area contributed by atoms with Crippen molar-refractivity contribution in [2.24, 2.45) is 0 Å². The van der Waals surface area contributed by atoms with Crippen molar-refractivity contribution in [3.8, 4) is 0 Å². The van der Waals surface area contributed by atoms with Crippen LogP contribution in [0, 0.1) is 0 Å². The molecular formula is C21H22ClNO3. The second kappa shape index (κ2) is 9.20. The molecule has 0 saturated carbocycles. The first-order chi connectivity index (χ1) is 12.4. The van der Waals surface area contributed by atoms with Crippen molar-refractivity contribution in [1.29, 1.82) is 0 Å². The number of benzene rings is 2. The van der Waals surface area contributed by atoms with E-state index in [-0.39, 0.29) is 21.8 Å². The van der Waals surface area contributed by atoms with Gasteiger partial charge in [-0.05, 0) is 42.2 Å². The van der Waals surface area contributed by atoms with Gasteiger partial charge in [0.25, 0.3) is 0 Å². The minimum absolute atomic E-state index is 0.0208. The van der Waals surface area contributed by atoms with Gasteiger partial charge in [-0.15, -0.1) is 0 Å². The molecule has 0 aliphatic heterocycles. The van der Waals surface area contributed by atoms with Crippen LogP contribution < -0.4 is 5.73 Å². The summed E-state index contributed by atoms with van der Waals surface area (Å²) in [6, 6.07) is 10.6. The first kappa shape index (κ1) is 19.7. The fourth-order valence-corrected chi connectivity index (χ4v) is 2.83. The van der Waals surface area contributed by atoms with Gasteiger partial charge in [-0.1, -0.05) is 61.7 Å². The summed E-state index contributed by atoms with van der Waals surface area (Å²) in [4.78, 5) is 23.8. The Bertz CT molecular complexity index is 826. The molecule has 2 rings (SSSR count). The van der Waals surface area contributed by atoms with Crippen molar-refractivity contribution in [3.05, 3.63) is 69.8 Å². The molecule has 0 heterocycles. The maximum atomic E-state index is 12.5. The molecule has 0 amide bonds. The number of aryl methyl sites for hydroxylation is 1. The third-order valence-corrected chi connectivity index (χ3v) is 4.47. The van der Waals surface area contributed by atoms with E-state index >= 15 is 0 Å². The molecule has 0 bridgehead atoms. The molecule has 4 nitrogen and oxygen atoms in total. The van der Waals surface area contributed by atoms with Gasteiger partial charge in [0.05, 0.1) is 21.8 Å². The number of carbonyl (C=O) groups excluding carboxylic acids is 1. The third kappa shape index (κ3) is 4.96. The number of unbranched alkanes of at least 4 members (excludes halogenated alkanes) is 2. The zero-order valence-electron chi connectivity index (χ0n) is 14.7. The number of ketones is 1. The van der Waals surface area contributed by atoms with Gasteiger partial charge in [-0.2, -0.15) is 0 Å². The molecule has 0 aliphatic carbocycles. The highest BCUT2D eigenvalue weighted by Gasteiger charge is 2.19. The summed E-state index contributed by atoms with van der Waals surface area (Å²) in [7, 11) is 0. The van der Waals surface area contributed by atoms with Crippen LogP contribution in [-0.4, -0.2) is 16.9 Å². The lowest BCUT2D eigenvalue weighted by Gasteiger charge is -2.08. The number of nitrogens with two attached hydrogens (primary N) is 1. The quantitative estimate of drug-likeness (QED) is 0.287. The summed E-state index contributed by atoms with van der Waals surface area (Å²) in [5.41, 5.74) is 7.67. The van der Waals surface area contributed by atoms with Crippen molar-refractivity contribution >= 4 is 35.1 Å². The molecule has 26 heavy (non-hydrogen) atoms. The topological polar surface area (TPSA) is 80.4 Å². The minimum Gasteiger partial charge on any atom is -0.478 e. The van der Waals surface area contributed by atoms with Gasteiger partial charge in [-0.25, -0.2) is 4.79 Å². The molecule has 5 heteroatoms. The van der Waals surface area contributed by atoms with Crippen LogP contribution in [0.4, 0.5) is 5.69 Å². The Morgan fingerprint density at radius 2 is 1.81 bits per heavy atom. The number of anilines is 1. The highest BCUT2D eigenvalue weighted by atomic mass is 35.5. The van der Waals surface area contributed by atoms with E-state index in [0.29, 0.717) is 0 Å². The van der Waals surface area contributed by atoms with E-state index in [1.807, 2.05) is 24.3 Å². The number of hydrogen-bond donors (Lipinski definition) is 2. The lowest BCUT2D eigenvalue weighted by molar-refractivity contribution is 0.0693. The zero-order valence-corrected chi connectivity index (χ0v) is 15.4. The van der Waals surface area contributed by atoms with Crippen LogP contribution in [0.2, 0.25) is 5.02 Å². The van der Waals surface area contributed by atoms with Gasteiger partial charge in [-0.3, -0.25) is 4.79 Å². The number of nitrogen functional groups attached to an aromatic ring is 1. The molecule has 0 spiro atoms. The van der Waals surface area contributed by atoms with Crippen molar-refractivity contribution in [2.45, 2.75) is 32.6 Å². The maximum Gasteiger partial charge on any atom is 0.336 e. The zero-order chi connectivity index (χ0) is 19.1. The van der Waals surface area contributed by atoms with Gasteiger partial charge >= 0.3 is 5.97 Å². The Morgan fingerprint density at radius 1 is 1.12 bits per heavy atom. The summed E-state index contributed by atoms with van der Waals surface area (Å²) >= 11 is 5.93. The molecule has 0 unspecified atom stereocenters. The lowest BCUT2D eigenvalue weighted by atomic mass is 10.00. The Labute approximate surface area is 158 Å². The molecule has 0 aromatic heterocycles. The second-order valence-corrected chi connectivity index (χ2v) is 6.49. The van der Waals surface area contributed by atoms with Gasteiger partial charge in [0.1, 0.15) is 0 Å². The number of aromatic carboxylic acids is 1. The van der Waals surface area contributed by atoms with Crippen molar-refractivity contribution in [2.75, 3.05) is 5.73 Å². The van der Waals surface area contributed by atoms with E-state index in [9.17, 15) is 14.7 Å². The predicted octanol–water partition coefficient (Wildman–Crippen LogP) is 5.25. The minimum atomic E-state index is -1.22. The van der Waals surface area contributed by atoms with E-state index in [1.54, 1.807) is 6.08 Å². The molecule has 0 aliphatic rings. The van der Waals surface area contributed by atoms with Crippen LogP contribution >= 0.6 is 11.6 Å². The Balaban J connectivity index is 2.17. The van der Waals surface area contributed by atoms with E-state index in [0.717, 1.165) is 18.4 Å². The van der Waals surface area contributed by atoms with E-state index in [2.05, 4.69) is 6.92 Å². The van der Waals surface area contributed by atoms with Gasteiger partial charge < -0.3 is 10.8 Å². The van der Waals surface area contributed by atoms with Crippen LogP contribution in [0.5, 0.6) is 0 Å². The summed E-state index contributed by atoms with van der Waals surface area (Å²) in [5, 5.41) is 9.42. The molecule has 0 fully saturated rings. The maximum absolute atomic E-state index is 12.5. The molecule has 0 radical (unpaired) electrons. The number of hydrogen-bond acceptors (Lipinski definition) is 3. The van der Waals surface area contributed by atoms with Crippen LogP contribution in [0.25, 0.3) is 6.08 Å². The number of allylic oxidation sites excluding steroid dienone is 1. The molecule has 2 aromatic rings. The molecule has 136 valence electrons. The fourth-order valence-electron chi connectivity index (χ4n) is 2.67. The first-order valence-electron chi connectivity index (χ1n) is 8.56. The number of carboxylic acid groups (broad SMARTS) is 1. The van der Waals surface area contributed by atoms with Crippen molar-refractivity contribution in [1.82, 2.24) is 0 Å². The fraction of sp³-hybridized carbons (Fsp3) is 0.238. The standard InChI is InChI=1S/C21H22ClNO3/c1-2-3-4-5-14-6-8-15(9-7-14)10-13-18(24)19-16(21(25)26)11-12-17(22)20(19)23/h6-13H,2-5,23H2,1H3,(H,25,26). The average Bonchev–Trinajstić information content (AvgIpc) is 2.63. The highest BCUT2D eigenvalue weighted by molar-refractivity contribution is 6.34. The predicted molar refractivity (Wildman–Crippen MR) is 106 cm³/mol. The third-order valence-electron chi connectivity index (χ3n) is 4.14. The smallest absolute Gasteiger partial charge is 0.336 e. The van der Waals surface area contributed by atoms with E-state index in [1.165, 1.54) is 36.6 Å². The summed E-state index contributed by atoms with van der Waals surface area (Å²) in [6.45, 7) is 2.17. The number of halogens is 1. The van der Waals surface area contributed by atoms with Crippen LogP contribution in [0.3, 0.4) is 0 Å². The average molecular weight is 372 g/mol. The van der Waals surface area contributed by atoms with Crippen LogP contribution in [0.15, 0.2) is 42.5 Å². The summed E-state index contributed by atoms with van der Waals surface area (Å²) < 4.78 is 0. The summed E-state index contributed by atoms with van der Waals surface area (Å²) in [6.07, 6.45) is 7.57. The monoisotopic (exact) mass is 371 g/mol. The SMILES string of the molecule is CCCCCc1ccc(C=CC(=O)c2c(C(=O)O)ccc(Cl)c2N)cc1. The Hall–Kier alpha value is -2.59. The van der Waals surface area contributed by atoms with Crippen LogP contribution in [-0.2, 0) is 6.42 Å². The van der Waals surface area contributed by atoms with E-state index < -0.39 is 11.8 Å². The molecule has 0 atom stereocenters. The molecule has 3 N–H and O–H groups in total. The van der Waals surface area contributed by atoms with E-state index in [4.69, 9.17) is 17.3 Å². The van der Waals surface area contributed by atoms with Crippen LogP contribution in [0.1, 0.15) is 58.0 Å². The largest absolute Gasteiger partial charge is 0.478 e. The number of carboxylic acids is 1. The van der Waals surface area contributed by atoms with Crippen molar-refractivity contribution in [3.63, 3.8) is 0 Å². The Kier molecular flexibility index (Phi) is 6.98. The lowest BCUT2D eigenvalue weighted by Crippen LogP contribution is -2.10. The van der Waals surface area contributed by atoms with Gasteiger partial charge in [0.2, 0.25) is 0 Å². The molecule has 2 aromatic carbocycles. The van der Waals surface area contributed by atoms with Crippen molar-refractivity contribution < 1.29 is 14.7 Å². The van der Waals surface area contributed by atoms with Gasteiger partial charge in [0, 0.05) is 0 Å². The number of rotatable bonds is 8. The molecule has 0 saturated heterocycles. The normalized spacial score (nSPS) is 11.0. The number of carbonyl (C=O) groups is 2. The highest BCUT2D eigenvalue weighted by Crippen LogP contribution is 2.27. The summed E-state index contributed by atoms with van der Waals surface area (Å²) in [5.74, 6) is -1.71. The second-order valence-electron chi connectivity index (χ2n) is 6.09. The van der Waals surface area contributed by atoms with Gasteiger partial charge in [0.15, 0.2) is 5.78 Å². The Morgan fingerprint density at radius 3 is 2.42 bits per heavy atom. The first-order valence-corrected chi connectivity index (χ1v) is 8.94.